The van der Waals surface area contributed by atoms with E-state index in [4.69, 9.17) is 9.47 Å². The standard InChI is InChI=1S/C23H30O4/c1-6-17(24)26-19-15(13(2)3)12-14-8-9-16-22(4,5)10-7-11-23(16)18(14)20(19)27-21(23)25/h12-13,16H,6-11H2,1-5H3/t16-,23+/m0/s1. The third-order valence-electron chi connectivity index (χ3n) is 7.11. The summed E-state index contributed by atoms with van der Waals surface area (Å²) in [5.41, 5.74) is 2.75. The molecule has 1 heterocycles. The van der Waals surface area contributed by atoms with Crippen LogP contribution in [0.3, 0.4) is 0 Å². The second-order valence-electron chi connectivity index (χ2n) is 9.43. The average molecular weight is 370 g/mol. The molecule has 2 aliphatic carbocycles. The summed E-state index contributed by atoms with van der Waals surface area (Å²) in [6.07, 6.45) is 5.26. The first-order chi connectivity index (χ1) is 12.7. The van der Waals surface area contributed by atoms with Crippen LogP contribution in [0.15, 0.2) is 6.07 Å². The van der Waals surface area contributed by atoms with Gasteiger partial charge < -0.3 is 9.47 Å². The van der Waals surface area contributed by atoms with Crippen molar-refractivity contribution in [2.75, 3.05) is 0 Å². The van der Waals surface area contributed by atoms with E-state index in [2.05, 4.69) is 33.8 Å². The van der Waals surface area contributed by atoms with Gasteiger partial charge in [-0.3, -0.25) is 9.59 Å². The van der Waals surface area contributed by atoms with E-state index in [0.29, 0.717) is 17.9 Å². The lowest BCUT2D eigenvalue weighted by molar-refractivity contribution is -0.146. The van der Waals surface area contributed by atoms with Crippen LogP contribution in [-0.2, 0) is 21.4 Å². The highest BCUT2D eigenvalue weighted by molar-refractivity contribution is 5.94. The normalized spacial score (nSPS) is 27.8. The maximum absolute atomic E-state index is 13.3. The van der Waals surface area contributed by atoms with Crippen LogP contribution in [0, 0.1) is 11.3 Å². The van der Waals surface area contributed by atoms with Gasteiger partial charge in [0, 0.05) is 17.5 Å². The summed E-state index contributed by atoms with van der Waals surface area (Å²) in [4.78, 5) is 25.4. The molecule has 4 rings (SSSR count). The predicted molar refractivity (Wildman–Crippen MR) is 103 cm³/mol. The minimum atomic E-state index is -0.562. The predicted octanol–water partition coefficient (Wildman–Crippen LogP) is 5.05. The molecule has 0 radical (unpaired) electrons. The molecule has 2 atom stereocenters. The third kappa shape index (κ3) is 2.48. The molecule has 1 saturated carbocycles. The van der Waals surface area contributed by atoms with Gasteiger partial charge in [-0.05, 0) is 48.5 Å². The summed E-state index contributed by atoms with van der Waals surface area (Å²) < 4.78 is 11.7. The molecule has 146 valence electrons. The number of hydrogen-bond donors (Lipinski definition) is 0. The Hall–Kier alpha value is -1.84. The lowest BCUT2D eigenvalue weighted by Crippen LogP contribution is -2.52. The van der Waals surface area contributed by atoms with Crippen molar-refractivity contribution in [3.8, 4) is 11.5 Å². The third-order valence-corrected chi connectivity index (χ3v) is 7.11. The molecular formula is C23H30O4. The van der Waals surface area contributed by atoms with Crippen molar-refractivity contribution < 1.29 is 19.1 Å². The Balaban J connectivity index is 1.97. The Kier molecular flexibility index (Phi) is 4.17. The van der Waals surface area contributed by atoms with E-state index in [1.807, 2.05) is 0 Å². The highest BCUT2D eigenvalue weighted by Gasteiger charge is 2.62. The smallest absolute Gasteiger partial charge is 0.322 e. The number of rotatable bonds is 3. The number of benzene rings is 1. The lowest BCUT2D eigenvalue weighted by atomic mass is 9.50. The van der Waals surface area contributed by atoms with Gasteiger partial charge in [0.1, 0.15) is 5.41 Å². The monoisotopic (exact) mass is 370 g/mol. The molecule has 0 saturated heterocycles. The van der Waals surface area contributed by atoms with Crippen LogP contribution < -0.4 is 9.47 Å². The van der Waals surface area contributed by atoms with Crippen molar-refractivity contribution in [2.45, 2.75) is 84.5 Å². The van der Waals surface area contributed by atoms with Crippen molar-refractivity contribution in [1.29, 1.82) is 0 Å². The lowest BCUT2D eigenvalue weighted by Gasteiger charge is -2.51. The van der Waals surface area contributed by atoms with E-state index >= 15 is 0 Å². The maximum atomic E-state index is 13.3. The number of esters is 2. The van der Waals surface area contributed by atoms with Gasteiger partial charge in [0.2, 0.25) is 0 Å². The largest absolute Gasteiger partial charge is 0.422 e. The summed E-state index contributed by atoms with van der Waals surface area (Å²) in [7, 11) is 0. The van der Waals surface area contributed by atoms with Crippen molar-refractivity contribution in [2.24, 2.45) is 11.3 Å². The zero-order valence-electron chi connectivity index (χ0n) is 17.1. The Morgan fingerprint density at radius 2 is 2.07 bits per heavy atom. The van der Waals surface area contributed by atoms with Crippen LogP contribution in [0.1, 0.15) is 89.3 Å². The summed E-state index contributed by atoms with van der Waals surface area (Å²) in [6.45, 7) is 10.5. The van der Waals surface area contributed by atoms with E-state index in [1.165, 1.54) is 5.56 Å². The second-order valence-corrected chi connectivity index (χ2v) is 9.43. The Bertz CT molecular complexity index is 820. The first kappa shape index (κ1) is 18.5. The summed E-state index contributed by atoms with van der Waals surface area (Å²) in [5.74, 6) is 1.05. The topological polar surface area (TPSA) is 52.6 Å². The van der Waals surface area contributed by atoms with E-state index in [9.17, 15) is 9.59 Å². The Labute approximate surface area is 161 Å². The molecule has 0 aromatic heterocycles. The molecule has 4 heteroatoms. The number of aryl methyl sites for hydroxylation is 1. The quantitative estimate of drug-likeness (QED) is 0.551. The van der Waals surface area contributed by atoms with Crippen LogP contribution >= 0.6 is 0 Å². The van der Waals surface area contributed by atoms with Crippen LogP contribution in [-0.4, -0.2) is 11.9 Å². The Morgan fingerprint density at radius 3 is 2.74 bits per heavy atom. The minimum Gasteiger partial charge on any atom is -0.422 e. The average Bonchev–Trinajstić information content (AvgIpc) is 2.90. The number of carbonyl (C=O) groups excluding carboxylic acids is 2. The Morgan fingerprint density at radius 1 is 1.33 bits per heavy atom. The molecular weight excluding hydrogens is 340 g/mol. The van der Waals surface area contributed by atoms with E-state index in [0.717, 1.165) is 43.2 Å². The van der Waals surface area contributed by atoms with Gasteiger partial charge in [0.05, 0.1) is 0 Å². The van der Waals surface area contributed by atoms with E-state index in [1.54, 1.807) is 6.92 Å². The molecule has 0 unspecified atom stereocenters. The zero-order valence-corrected chi connectivity index (χ0v) is 17.1. The molecule has 27 heavy (non-hydrogen) atoms. The molecule has 0 bridgehead atoms. The summed E-state index contributed by atoms with van der Waals surface area (Å²) in [6, 6.07) is 2.17. The van der Waals surface area contributed by atoms with Gasteiger partial charge in [-0.25, -0.2) is 0 Å². The van der Waals surface area contributed by atoms with Gasteiger partial charge in [-0.2, -0.15) is 0 Å². The molecule has 3 aliphatic rings. The fourth-order valence-corrected chi connectivity index (χ4v) is 5.82. The minimum absolute atomic E-state index is 0.105. The highest BCUT2D eigenvalue weighted by atomic mass is 16.6. The van der Waals surface area contributed by atoms with Crippen LogP contribution in [0.4, 0.5) is 0 Å². The number of ether oxygens (including phenoxy) is 2. The van der Waals surface area contributed by atoms with Crippen LogP contribution in [0.25, 0.3) is 0 Å². The molecule has 0 amide bonds. The zero-order chi connectivity index (χ0) is 19.6. The number of carbonyl (C=O) groups is 2. The van der Waals surface area contributed by atoms with Gasteiger partial charge in [0.25, 0.3) is 0 Å². The SMILES string of the molecule is CCC(=O)Oc1c(C(C)C)cc2c3c1OC(=O)[C@@]31CCCC(C)(C)[C@@H]1CC2. The first-order valence-electron chi connectivity index (χ1n) is 10.4. The molecule has 1 aliphatic heterocycles. The van der Waals surface area contributed by atoms with Crippen LogP contribution in [0.5, 0.6) is 11.5 Å². The highest BCUT2D eigenvalue weighted by Crippen LogP contribution is 2.64. The van der Waals surface area contributed by atoms with Crippen molar-refractivity contribution >= 4 is 11.9 Å². The van der Waals surface area contributed by atoms with Crippen LogP contribution in [0.2, 0.25) is 0 Å². The van der Waals surface area contributed by atoms with Gasteiger partial charge in [-0.15, -0.1) is 0 Å². The number of hydrogen-bond acceptors (Lipinski definition) is 4. The first-order valence-corrected chi connectivity index (χ1v) is 10.4. The molecule has 1 aromatic rings. The van der Waals surface area contributed by atoms with Crippen molar-refractivity contribution in [3.05, 3.63) is 22.8 Å². The summed E-state index contributed by atoms with van der Waals surface area (Å²) in [5, 5.41) is 0. The molecule has 1 aromatic carbocycles. The van der Waals surface area contributed by atoms with Crippen molar-refractivity contribution in [3.63, 3.8) is 0 Å². The fourth-order valence-electron chi connectivity index (χ4n) is 5.82. The van der Waals surface area contributed by atoms with Gasteiger partial charge in [0.15, 0.2) is 11.5 Å². The van der Waals surface area contributed by atoms with Gasteiger partial charge >= 0.3 is 11.9 Å². The molecule has 0 N–H and O–H groups in total. The van der Waals surface area contributed by atoms with Crippen molar-refractivity contribution in [1.82, 2.24) is 0 Å². The van der Waals surface area contributed by atoms with Gasteiger partial charge in [-0.1, -0.05) is 47.1 Å². The molecule has 4 nitrogen and oxygen atoms in total. The molecule has 1 spiro atoms. The molecule has 1 fully saturated rings. The van der Waals surface area contributed by atoms with E-state index < -0.39 is 5.41 Å². The second kappa shape index (κ2) is 6.08. The maximum Gasteiger partial charge on any atom is 0.322 e. The fraction of sp³-hybridized carbons (Fsp3) is 0.652. The van der Waals surface area contributed by atoms with E-state index in [-0.39, 0.29) is 29.2 Å². The summed E-state index contributed by atoms with van der Waals surface area (Å²) >= 11 is 0.